The molecule has 12 heteroatoms. The Morgan fingerprint density at radius 3 is 2.63 bits per heavy atom. The van der Waals surface area contributed by atoms with Crippen molar-refractivity contribution in [1.82, 2.24) is 20.0 Å². The van der Waals surface area contributed by atoms with Crippen molar-refractivity contribution in [2.45, 2.75) is 32.0 Å². The number of carboxylic acid groups (broad SMARTS) is 1. The second-order valence-corrected chi connectivity index (χ2v) is 8.56. The molecule has 1 saturated carbocycles. The number of amides is 3. The molecule has 0 spiro atoms. The van der Waals surface area contributed by atoms with Crippen LogP contribution in [0.5, 0.6) is 0 Å². The molecule has 182 valence electrons. The first-order valence-electron chi connectivity index (χ1n) is 10.7. The van der Waals surface area contributed by atoms with E-state index >= 15 is 0 Å². The molecule has 1 fully saturated rings. The number of nitrogens with zero attached hydrogens (tertiary/aromatic N) is 3. The van der Waals surface area contributed by atoms with Crippen molar-refractivity contribution >= 4 is 46.2 Å². The van der Waals surface area contributed by atoms with Gasteiger partial charge in [-0.25, -0.2) is 9.18 Å². The molecule has 1 aliphatic carbocycles. The summed E-state index contributed by atoms with van der Waals surface area (Å²) in [6, 6.07) is 8.40. The number of carbonyl (C=O) groups excluding carboxylic acids is 3. The van der Waals surface area contributed by atoms with Gasteiger partial charge in [-0.1, -0.05) is 23.7 Å². The van der Waals surface area contributed by atoms with E-state index in [4.69, 9.17) is 17.3 Å². The van der Waals surface area contributed by atoms with Gasteiger partial charge in [-0.15, -0.1) is 0 Å². The second-order valence-electron chi connectivity index (χ2n) is 8.15. The van der Waals surface area contributed by atoms with Crippen LogP contribution in [0.25, 0.3) is 10.9 Å². The number of fused-ring (bicyclic) bond motifs is 1. The zero-order valence-electron chi connectivity index (χ0n) is 18.3. The Morgan fingerprint density at radius 2 is 1.97 bits per heavy atom. The van der Waals surface area contributed by atoms with E-state index < -0.39 is 29.5 Å². The van der Waals surface area contributed by atoms with Gasteiger partial charge in [-0.3, -0.25) is 19.1 Å². The maximum absolute atomic E-state index is 14.1. The SMILES string of the molecule is NC(=O)c1nn(CC(=O)N(CC(=O)NCc2cccc(Cl)c2F)C2CC2)c2ccc(C(=O)O)cc12. The molecule has 0 unspecified atom stereocenters. The molecule has 35 heavy (non-hydrogen) atoms. The maximum atomic E-state index is 14.1. The van der Waals surface area contributed by atoms with Gasteiger partial charge in [0.05, 0.1) is 22.6 Å². The van der Waals surface area contributed by atoms with Gasteiger partial charge in [-0.05, 0) is 37.1 Å². The minimum Gasteiger partial charge on any atom is -0.478 e. The van der Waals surface area contributed by atoms with Crippen LogP contribution in [0.1, 0.15) is 39.3 Å². The van der Waals surface area contributed by atoms with E-state index in [0.29, 0.717) is 5.52 Å². The van der Waals surface area contributed by atoms with Crippen LogP contribution in [0, 0.1) is 5.82 Å². The molecule has 4 N–H and O–H groups in total. The van der Waals surface area contributed by atoms with Gasteiger partial charge in [0.15, 0.2) is 5.69 Å². The van der Waals surface area contributed by atoms with Gasteiger partial charge in [-0.2, -0.15) is 5.10 Å². The highest BCUT2D eigenvalue weighted by Gasteiger charge is 2.34. The van der Waals surface area contributed by atoms with E-state index in [1.54, 1.807) is 6.07 Å². The molecule has 10 nitrogen and oxygen atoms in total. The molecule has 1 heterocycles. The van der Waals surface area contributed by atoms with E-state index in [1.165, 1.54) is 39.9 Å². The number of carbonyl (C=O) groups is 4. The topological polar surface area (TPSA) is 148 Å². The summed E-state index contributed by atoms with van der Waals surface area (Å²) >= 11 is 5.76. The largest absolute Gasteiger partial charge is 0.478 e. The van der Waals surface area contributed by atoms with Gasteiger partial charge in [0.25, 0.3) is 5.91 Å². The maximum Gasteiger partial charge on any atom is 0.335 e. The highest BCUT2D eigenvalue weighted by molar-refractivity contribution is 6.30. The third-order valence-electron chi connectivity index (χ3n) is 5.65. The summed E-state index contributed by atoms with van der Waals surface area (Å²) in [5.74, 6) is -3.56. The minimum absolute atomic E-state index is 0.0520. The van der Waals surface area contributed by atoms with Crippen molar-refractivity contribution in [2.75, 3.05) is 6.54 Å². The lowest BCUT2D eigenvalue weighted by atomic mass is 10.1. The third kappa shape index (κ3) is 5.24. The molecule has 4 rings (SSSR count). The lowest BCUT2D eigenvalue weighted by Gasteiger charge is -2.22. The van der Waals surface area contributed by atoms with E-state index in [1.807, 2.05) is 0 Å². The van der Waals surface area contributed by atoms with Crippen LogP contribution in [-0.4, -0.2) is 56.1 Å². The number of primary amides is 1. The average Bonchev–Trinajstić information content (AvgIpc) is 3.59. The molecule has 3 aromatic rings. The first kappa shape index (κ1) is 24.1. The Morgan fingerprint density at radius 1 is 1.23 bits per heavy atom. The van der Waals surface area contributed by atoms with Crippen LogP contribution in [0.2, 0.25) is 5.02 Å². The van der Waals surface area contributed by atoms with Gasteiger partial charge < -0.3 is 21.1 Å². The van der Waals surface area contributed by atoms with Gasteiger partial charge in [0.1, 0.15) is 12.4 Å². The highest BCUT2D eigenvalue weighted by Crippen LogP contribution is 2.28. The number of nitrogens with two attached hydrogens (primary N) is 1. The summed E-state index contributed by atoms with van der Waals surface area (Å²) in [6.45, 7) is -0.616. The molecule has 0 aliphatic heterocycles. The molecule has 0 atom stereocenters. The van der Waals surface area contributed by atoms with Crippen LogP contribution < -0.4 is 11.1 Å². The quantitative estimate of drug-likeness (QED) is 0.408. The predicted octanol–water partition coefficient (Wildman–Crippen LogP) is 1.93. The number of hydrogen-bond donors (Lipinski definition) is 3. The lowest BCUT2D eigenvalue weighted by molar-refractivity contribution is -0.137. The zero-order chi connectivity index (χ0) is 25.3. The Hall–Kier alpha value is -3.99. The summed E-state index contributed by atoms with van der Waals surface area (Å²) in [6.07, 6.45) is 1.46. The minimum atomic E-state index is -1.19. The molecule has 0 bridgehead atoms. The normalized spacial score (nSPS) is 13.0. The average molecular weight is 502 g/mol. The van der Waals surface area contributed by atoms with E-state index in [9.17, 15) is 28.7 Å². The Balaban J connectivity index is 1.49. The van der Waals surface area contributed by atoms with Crippen molar-refractivity contribution in [3.63, 3.8) is 0 Å². The fourth-order valence-corrected chi connectivity index (χ4v) is 3.92. The summed E-state index contributed by atoms with van der Waals surface area (Å²) in [7, 11) is 0. The highest BCUT2D eigenvalue weighted by atomic mass is 35.5. The van der Waals surface area contributed by atoms with Crippen molar-refractivity contribution < 1.29 is 28.7 Å². The second kappa shape index (κ2) is 9.71. The zero-order valence-corrected chi connectivity index (χ0v) is 19.1. The van der Waals surface area contributed by atoms with Crippen molar-refractivity contribution in [3.8, 4) is 0 Å². The van der Waals surface area contributed by atoms with E-state index in [2.05, 4.69) is 10.4 Å². The van der Waals surface area contributed by atoms with Crippen LogP contribution in [0.3, 0.4) is 0 Å². The number of benzene rings is 2. The fraction of sp³-hybridized carbons (Fsp3) is 0.261. The number of carboxylic acids is 1. The Kier molecular flexibility index (Phi) is 6.70. The molecular weight excluding hydrogens is 481 g/mol. The molecular formula is C23H21ClFN5O5. The number of halogens is 2. The molecule has 0 saturated heterocycles. The summed E-state index contributed by atoms with van der Waals surface area (Å²) in [5, 5.41) is 16.1. The number of nitrogens with one attached hydrogen (secondary N) is 1. The first-order chi connectivity index (χ1) is 16.7. The molecule has 1 aliphatic rings. The first-order valence-corrected chi connectivity index (χ1v) is 11.1. The van der Waals surface area contributed by atoms with Gasteiger partial charge >= 0.3 is 5.97 Å². The van der Waals surface area contributed by atoms with Gasteiger partial charge in [0, 0.05) is 23.5 Å². The van der Waals surface area contributed by atoms with Crippen molar-refractivity contribution in [1.29, 1.82) is 0 Å². The Bertz CT molecular complexity index is 1350. The van der Waals surface area contributed by atoms with Crippen LogP contribution in [-0.2, 0) is 22.7 Å². The molecule has 2 aromatic carbocycles. The molecule has 3 amide bonds. The predicted molar refractivity (Wildman–Crippen MR) is 123 cm³/mol. The van der Waals surface area contributed by atoms with E-state index in [-0.39, 0.29) is 52.9 Å². The number of rotatable bonds is 9. The summed E-state index contributed by atoms with van der Waals surface area (Å²) < 4.78 is 15.3. The lowest BCUT2D eigenvalue weighted by Crippen LogP contribution is -2.43. The van der Waals surface area contributed by atoms with E-state index in [0.717, 1.165) is 12.8 Å². The summed E-state index contributed by atoms with van der Waals surface area (Å²) in [4.78, 5) is 50.2. The smallest absolute Gasteiger partial charge is 0.335 e. The van der Waals surface area contributed by atoms with Crippen LogP contribution in [0.4, 0.5) is 4.39 Å². The van der Waals surface area contributed by atoms with Crippen molar-refractivity contribution in [2.24, 2.45) is 5.73 Å². The number of hydrogen-bond acceptors (Lipinski definition) is 5. The number of aromatic nitrogens is 2. The standard InChI is InChI=1S/C23H21ClFN5O5/c24-16-3-1-2-13(20(16)25)9-27-18(31)10-29(14-5-6-14)19(32)11-30-17-7-4-12(23(34)35)8-15(17)21(28-30)22(26)33/h1-4,7-8,14H,5-6,9-11H2,(H2,26,33)(H,27,31)(H,34,35). The summed E-state index contributed by atoms with van der Waals surface area (Å²) in [5.41, 5.74) is 5.75. The van der Waals surface area contributed by atoms with Crippen molar-refractivity contribution in [3.05, 3.63) is 64.1 Å². The monoisotopic (exact) mass is 501 g/mol. The van der Waals surface area contributed by atoms with Gasteiger partial charge in [0.2, 0.25) is 11.8 Å². The fourth-order valence-electron chi connectivity index (χ4n) is 3.73. The Labute approximate surface area is 203 Å². The third-order valence-corrected chi connectivity index (χ3v) is 5.94. The molecule has 1 aromatic heterocycles. The van der Waals surface area contributed by atoms with Crippen LogP contribution >= 0.6 is 11.6 Å². The molecule has 0 radical (unpaired) electrons. The number of aromatic carboxylic acids is 1. The van der Waals surface area contributed by atoms with Crippen LogP contribution in [0.15, 0.2) is 36.4 Å².